The maximum absolute atomic E-state index is 10.5. The predicted molar refractivity (Wildman–Crippen MR) is 60.9 cm³/mol. The number of nitrogens with zero attached hydrogens (tertiary/aromatic N) is 3. The summed E-state index contributed by atoms with van der Waals surface area (Å²) in [5.74, 6) is 0.311. The van der Waals surface area contributed by atoms with Crippen LogP contribution < -0.4 is 0 Å². The molecule has 0 aliphatic rings. The molecule has 16 heavy (non-hydrogen) atoms. The number of aliphatic carboxylic acids is 1. The number of rotatable bonds is 4. The summed E-state index contributed by atoms with van der Waals surface area (Å²) in [6, 6.07) is 0. The lowest BCUT2D eigenvalue weighted by atomic mass is 10.2. The maximum atomic E-state index is 10.5. The van der Waals surface area contributed by atoms with Gasteiger partial charge in [-0.25, -0.2) is 9.50 Å². The summed E-state index contributed by atoms with van der Waals surface area (Å²) in [5, 5.41) is 14.9. The highest BCUT2D eigenvalue weighted by molar-refractivity contribution is 7.15. The summed E-state index contributed by atoms with van der Waals surface area (Å²) >= 11 is 1.50. The molecule has 0 atom stereocenters. The molecule has 0 fully saturated rings. The van der Waals surface area contributed by atoms with Crippen LogP contribution in [-0.4, -0.2) is 25.7 Å². The zero-order chi connectivity index (χ0) is 11.7. The van der Waals surface area contributed by atoms with E-state index in [0.29, 0.717) is 12.3 Å². The van der Waals surface area contributed by atoms with Crippen molar-refractivity contribution in [2.75, 3.05) is 0 Å². The van der Waals surface area contributed by atoms with Gasteiger partial charge in [-0.3, -0.25) is 4.79 Å². The summed E-state index contributed by atoms with van der Waals surface area (Å²) in [7, 11) is 0. The Kier molecular flexibility index (Phi) is 2.91. The van der Waals surface area contributed by atoms with Crippen LogP contribution in [0.15, 0.2) is 5.38 Å². The van der Waals surface area contributed by atoms with Crippen molar-refractivity contribution in [3.8, 4) is 0 Å². The lowest BCUT2D eigenvalue weighted by Crippen LogP contribution is -2.01. The molecule has 0 bridgehead atoms. The molecule has 86 valence electrons. The van der Waals surface area contributed by atoms with Crippen molar-refractivity contribution in [1.82, 2.24) is 14.6 Å². The lowest BCUT2D eigenvalue weighted by Gasteiger charge is -1.96. The van der Waals surface area contributed by atoms with E-state index in [2.05, 4.69) is 10.1 Å². The van der Waals surface area contributed by atoms with Gasteiger partial charge in [0, 0.05) is 17.7 Å². The highest BCUT2D eigenvalue weighted by atomic mass is 32.1. The van der Waals surface area contributed by atoms with E-state index in [1.165, 1.54) is 11.3 Å². The second-order valence-electron chi connectivity index (χ2n) is 3.94. The first-order valence-electron chi connectivity index (χ1n) is 5.12. The van der Waals surface area contributed by atoms with E-state index >= 15 is 0 Å². The Morgan fingerprint density at radius 1 is 1.62 bits per heavy atom. The summed E-state index contributed by atoms with van der Waals surface area (Å²) in [5.41, 5.74) is 0.918. The molecular formula is C10H13N3O2S. The molecule has 0 unspecified atom stereocenters. The van der Waals surface area contributed by atoms with Crippen LogP contribution in [0.5, 0.6) is 0 Å². The third-order valence-corrected chi connectivity index (χ3v) is 3.14. The molecule has 6 heteroatoms. The summed E-state index contributed by atoms with van der Waals surface area (Å²) in [4.78, 5) is 15.7. The molecule has 0 aromatic carbocycles. The minimum absolute atomic E-state index is 0.128. The molecule has 0 saturated carbocycles. The first kappa shape index (κ1) is 11.1. The number of thiazole rings is 1. The molecule has 0 aliphatic carbocycles. The van der Waals surface area contributed by atoms with Gasteiger partial charge in [-0.05, 0) is 0 Å². The second-order valence-corrected chi connectivity index (χ2v) is 4.78. The Morgan fingerprint density at radius 3 is 3.00 bits per heavy atom. The molecule has 2 aromatic heterocycles. The molecule has 0 spiro atoms. The summed E-state index contributed by atoms with van der Waals surface area (Å²) in [6.07, 6.45) is 0.624. The molecule has 1 N–H and O–H groups in total. The molecular weight excluding hydrogens is 226 g/mol. The van der Waals surface area contributed by atoms with Gasteiger partial charge < -0.3 is 5.11 Å². The fourth-order valence-corrected chi connectivity index (χ4v) is 2.25. The number of aryl methyl sites for hydroxylation is 1. The molecule has 2 rings (SSSR count). The van der Waals surface area contributed by atoms with E-state index in [1.807, 2.05) is 19.2 Å². The van der Waals surface area contributed by atoms with Crippen molar-refractivity contribution in [2.45, 2.75) is 32.6 Å². The van der Waals surface area contributed by atoms with E-state index in [-0.39, 0.29) is 6.42 Å². The van der Waals surface area contributed by atoms with Gasteiger partial charge >= 0.3 is 5.97 Å². The topological polar surface area (TPSA) is 67.5 Å². The quantitative estimate of drug-likeness (QED) is 0.885. The van der Waals surface area contributed by atoms with Gasteiger partial charge in [-0.1, -0.05) is 13.8 Å². The van der Waals surface area contributed by atoms with Crippen LogP contribution in [0.1, 0.15) is 37.7 Å². The molecule has 2 heterocycles. The van der Waals surface area contributed by atoms with Gasteiger partial charge in [0.15, 0.2) is 5.82 Å². The van der Waals surface area contributed by atoms with Crippen LogP contribution in [0.2, 0.25) is 0 Å². The van der Waals surface area contributed by atoms with Crippen molar-refractivity contribution < 1.29 is 9.90 Å². The van der Waals surface area contributed by atoms with Gasteiger partial charge in [0.2, 0.25) is 4.96 Å². The highest BCUT2D eigenvalue weighted by Gasteiger charge is 2.12. The van der Waals surface area contributed by atoms with E-state index in [4.69, 9.17) is 5.11 Å². The first-order chi connectivity index (χ1) is 7.58. The average molecular weight is 239 g/mol. The van der Waals surface area contributed by atoms with Crippen LogP contribution in [0.25, 0.3) is 4.96 Å². The van der Waals surface area contributed by atoms with Crippen LogP contribution in [0, 0.1) is 0 Å². The van der Waals surface area contributed by atoms with Crippen LogP contribution in [0.4, 0.5) is 0 Å². The SMILES string of the molecule is CC(C)c1nc2scc(CCC(=O)O)n2n1. The van der Waals surface area contributed by atoms with Gasteiger partial charge in [0.1, 0.15) is 0 Å². The fourth-order valence-electron chi connectivity index (χ4n) is 1.39. The smallest absolute Gasteiger partial charge is 0.303 e. The molecule has 5 nitrogen and oxygen atoms in total. The van der Waals surface area contributed by atoms with E-state index in [9.17, 15) is 4.79 Å². The largest absolute Gasteiger partial charge is 0.481 e. The summed E-state index contributed by atoms with van der Waals surface area (Å²) in [6.45, 7) is 4.08. The number of carbonyl (C=O) groups is 1. The molecule has 0 aliphatic heterocycles. The normalized spacial score (nSPS) is 11.4. The molecule has 0 saturated heterocycles. The van der Waals surface area contributed by atoms with Crippen LogP contribution in [-0.2, 0) is 11.2 Å². The number of carboxylic acid groups (broad SMARTS) is 1. The molecule has 0 radical (unpaired) electrons. The fraction of sp³-hybridized carbons (Fsp3) is 0.500. The Labute approximate surface area is 96.7 Å². The average Bonchev–Trinajstić information content (AvgIpc) is 2.73. The van der Waals surface area contributed by atoms with Crippen molar-refractivity contribution in [2.24, 2.45) is 0 Å². The number of carboxylic acids is 1. The van der Waals surface area contributed by atoms with Crippen LogP contribution in [0.3, 0.4) is 0 Å². The molecule has 2 aromatic rings. The number of hydrogen-bond donors (Lipinski definition) is 1. The zero-order valence-corrected chi connectivity index (χ0v) is 9.99. The van der Waals surface area contributed by atoms with Crippen molar-refractivity contribution >= 4 is 22.3 Å². The van der Waals surface area contributed by atoms with Crippen molar-refractivity contribution in [3.05, 3.63) is 16.9 Å². The van der Waals surface area contributed by atoms with E-state index in [1.54, 1.807) is 4.52 Å². The van der Waals surface area contributed by atoms with Gasteiger partial charge in [0.25, 0.3) is 0 Å². The first-order valence-corrected chi connectivity index (χ1v) is 6.00. The number of aromatic nitrogens is 3. The van der Waals surface area contributed by atoms with Crippen molar-refractivity contribution in [1.29, 1.82) is 0 Å². The zero-order valence-electron chi connectivity index (χ0n) is 9.17. The monoisotopic (exact) mass is 239 g/mol. The van der Waals surface area contributed by atoms with Gasteiger partial charge in [0.05, 0.1) is 12.1 Å². The third kappa shape index (κ3) is 2.06. The standard InChI is InChI=1S/C10H13N3O2S/c1-6(2)9-11-10-13(12-9)7(5-16-10)3-4-8(14)15/h5-6H,3-4H2,1-2H3,(H,14,15). The third-order valence-electron chi connectivity index (χ3n) is 2.28. The van der Waals surface area contributed by atoms with Gasteiger partial charge in [-0.2, -0.15) is 5.10 Å². The highest BCUT2D eigenvalue weighted by Crippen LogP contribution is 2.18. The van der Waals surface area contributed by atoms with Crippen LogP contribution >= 0.6 is 11.3 Å². The Hall–Kier alpha value is -1.43. The van der Waals surface area contributed by atoms with Crippen molar-refractivity contribution in [3.63, 3.8) is 0 Å². The minimum atomic E-state index is -0.788. The number of hydrogen-bond acceptors (Lipinski definition) is 4. The van der Waals surface area contributed by atoms with E-state index < -0.39 is 5.97 Å². The predicted octanol–water partition coefficient (Wildman–Crippen LogP) is 1.93. The Morgan fingerprint density at radius 2 is 2.38 bits per heavy atom. The van der Waals surface area contributed by atoms with Gasteiger partial charge in [-0.15, -0.1) is 11.3 Å². The number of fused-ring (bicyclic) bond motifs is 1. The minimum Gasteiger partial charge on any atom is -0.481 e. The Balaban J connectivity index is 2.28. The molecule has 0 amide bonds. The van der Waals surface area contributed by atoms with E-state index in [0.717, 1.165) is 16.5 Å². The second kappa shape index (κ2) is 4.21. The Bertz CT molecular complexity index is 515. The summed E-state index contributed by atoms with van der Waals surface area (Å²) < 4.78 is 1.75. The lowest BCUT2D eigenvalue weighted by molar-refractivity contribution is -0.136. The maximum Gasteiger partial charge on any atom is 0.303 e.